The number of ether oxygens (including phenoxy) is 2. The van der Waals surface area contributed by atoms with Gasteiger partial charge in [0, 0.05) is 30.8 Å². The molecule has 0 spiro atoms. The molecule has 0 aromatic heterocycles. The number of hydrogen-bond donors (Lipinski definition) is 1. The third kappa shape index (κ3) is 5.56. The van der Waals surface area contributed by atoms with Crippen LogP contribution in [0.2, 0.25) is 0 Å². The standard InChI is InChI=1S/C17H30N2O2/c1-7-18-16(12-19(4)11-13(2)3)15-9-8-14(20-5)10-17(15)21-6/h8-10,13,16,18H,7,11-12H2,1-6H3. The predicted octanol–water partition coefficient (Wildman–Crippen LogP) is 2.94. The summed E-state index contributed by atoms with van der Waals surface area (Å²) in [5.41, 5.74) is 1.18. The minimum absolute atomic E-state index is 0.250. The molecule has 1 N–H and O–H groups in total. The first kappa shape index (κ1) is 17.8. The molecule has 0 heterocycles. The van der Waals surface area contributed by atoms with Crippen LogP contribution in [0.15, 0.2) is 18.2 Å². The van der Waals surface area contributed by atoms with Crippen molar-refractivity contribution in [2.45, 2.75) is 26.8 Å². The largest absolute Gasteiger partial charge is 0.497 e. The van der Waals surface area contributed by atoms with Crippen LogP contribution >= 0.6 is 0 Å². The second kappa shape index (κ2) is 8.90. The van der Waals surface area contributed by atoms with Crippen molar-refractivity contribution in [3.63, 3.8) is 0 Å². The van der Waals surface area contributed by atoms with Gasteiger partial charge in [0.25, 0.3) is 0 Å². The molecule has 0 bridgehead atoms. The lowest BCUT2D eigenvalue weighted by molar-refractivity contribution is 0.260. The van der Waals surface area contributed by atoms with Gasteiger partial charge in [-0.05, 0) is 25.6 Å². The Hall–Kier alpha value is -1.26. The second-order valence-electron chi connectivity index (χ2n) is 5.83. The summed E-state index contributed by atoms with van der Waals surface area (Å²) in [7, 11) is 5.55. The molecule has 0 fully saturated rings. The molecule has 0 amide bonds. The van der Waals surface area contributed by atoms with Gasteiger partial charge in [-0.1, -0.05) is 26.8 Å². The Balaban J connectivity index is 2.93. The summed E-state index contributed by atoms with van der Waals surface area (Å²) in [5.74, 6) is 2.36. The van der Waals surface area contributed by atoms with Crippen molar-refractivity contribution in [1.29, 1.82) is 0 Å². The average Bonchev–Trinajstić information content (AvgIpc) is 2.45. The molecule has 21 heavy (non-hydrogen) atoms. The minimum Gasteiger partial charge on any atom is -0.497 e. The molecule has 4 heteroatoms. The van der Waals surface area contributed by atoms with E-state index in [-0.39, 0.29) is 6.04 Å². The monoisotopic (exact) mass is 294 g/mol. The van der Waals surface area contributed by atoms with E-state index in [1.165, 1.54) is 5.56 Å². The van der Waals surface area contributed by atoms with Crippen molar-refractivity contribution in [3.05, 3.63) is 23.8 Å². The second-order valence-corrected chi connectivity index (χ2v) is 5.83. The minimum atomic E-state index is 0.250. The summed E-state index contributed by atoms with van der Waals surface area (Å²) in [6, 6.07) is 6.28. The van der Waals surface area contributed by atoms with Gasteiger partial charge in [0.15, 0.2) is 0 Å². The molecular weight excluding hydrogens is 264 g/mol. The highest BCUT2D eigenvalue weighted by atomic mass is 16.5. The zero-order valence-corrected chi connectivity index (χ0v) is 14.3. The molecule has 1 aromatic rings. The van der Waals surface area contributed by atoms with Crippen LogP contribution in [0.3, 0.4) is 0 Å². The first-order valence-electron chi connectivity index (χ1n) is 7.65. The van der Waals surface area contributed by atoms with Gasteiger partial charge in [0.2, 0.25) is 0 Å². The fourth-order valence-corrected chi connectivity index (χ4v) is 2.64. The molecule has 1 aromatic carbocycles. The molecule has 0 saturated heterocycles. The third-order valence-corrected chi connectivity index (χ3v) is 3.44. The zero-order chi connectivity index (χ0) is 15.8. The van der Waals surface area contributed by atoms with Crippen LogP contribution in [0.25, 0.3) is 0 Å². The Morgan fingerprint density at radius 3 is 2.38 bits per heavy atom. The number of likely N-dealkylation sites (N-methyl/N-ethyl adjacent to an activating group) is 2. The maximum absolute atomic E-state index is 5.54. The van der Waals surface area contributed by atoms with E-state index in [0.29, 0.717) is 5.92 Å². The molecule has 0 aliphatic carbocycles. The van der Waals surface area contributed by atoms with Crippen molar-refractivity contribution in [1.82, 2.24) is 10.2 Å². The molecule has 0 aliphatic heterocycles. The lowest BCUT2D eigenvalue weighted by atomic mass is 10.0. The maximum Gasteiger partial charge on any atom is 0.127 e. The zero-order valence-electron chi connectivity index (χ0n) is 14.3. The van der Waals surface area contributed by atoms with E-state index >= 15 is 0 Å². The van der Waals surface area contributed by atoms with Crippen molar-refractivity contribution in [3.8, 4) is 11.5 Å². The van der Waals surface area contributed by atoms with Gasteiger partial charge in [-0.2, -0.15) is 0 Å². The van der Waals surface area contributed by atoms with Crippen molar-refractivity contribution in [2.24, 2.45) is 5.92 Å². The van der Waals surface area contributed by atoms with E-state index in [9.17, 15) is 0 Å². The van der Waals surface area contributed by atoms with Crippen LogP contribution in [0, 0.1) is 5.92 Å². The molecule has 1 atom stereocenters. The van der Waals surface area contributed by atoms with Gasteiger partial charge in [-0.3, -0.25) is 0 Å². The Labute approximate surface area is 129 Å². The molecule has 120 valence electrons. The van der Waals surface area contributed by atoms with Crippen LogP contribution in [0.4, 0.5) is 0 Å². The van der Waals surface area contributed by atoms with E-state index in [0.717, 1.165) is 31.1 Å². The van der Waals surface area contributed by atoms with Gasteiger partial charge in [-0.15, -0.1) is 0 Å². The van der Waals surface area contributed by atoms with Crippen LogP contribution in [0.1, 0.15) is 32.4 Å². The van der Waals surface area contributed by atoms with E-state index in [4.69, 9.17) is 9.47 Å². The fraction of sp³-hybridized carbons (Fsp3) is 0.647. The Bertz CT molecular complexity index is 421. The molecule has 1 rings (SSSR count). The van der Waals surface area contributed by atoms with Gasteiger partial charge < -0.3 is 19.7 Å². The number of nitrogens with zero attached hydrogens (tertiary/aromatic N) is 1. The van der Waals surface area contributed by atoms with Crippen molar-refractivity contribution >= 4 is 0 Å². The lowest BCUT2D eigenvalue weighted by Gasteiger charge is -2.27. The summed E-state index contributed by atoms with van der Waals surface area (Å²) >= 11 is 0. The maximum atomic E-state index is 5.54. The fourth-order valence-electron chi connectivity index (χ4n) is 2.64. The highest BCUT2D eigenvalue weighted by Gasteiger charge is 2.18. The van der Waals surface area contributed by atoms with E-state index < -0.39 is 0 Å². The molecule has 4 nitrogen and oxygen atoms in total. The van der Waals surface area contributed by atoms with Gasteiger partial charge >= 0.3 is 0 Å². The van der Waals surface area contributed by atoms with Crippen LogP contribution < -0.4 is 14.8 Å². The van der Waals surface area contributed by atoms with Crippen LogP contribution in [0.5, 0.6) is 11.5 Å². The molecule has 0 radical (unpaired) electrons. The summed E-state index contributed by atoms with van der Waals surface area (Å²) in [6.07, 6.45) is 0. The van der Waals surface area contributed by atoms with Gasteiger partial charge in [-0.25, -0.2) is 0 Å². The summed E-state index contributed by atoms with van der Waals surface area (Å²) in [6.45, 7) is 9.58. The van der Waals surface area contributed by atoms with E-state index in [1.54, 1.807) is 14.2 Å². The van der Waals surface area contributed by atoms with Crippen LogP contribution in [-0.4, -0.2) is 45.8 Å². The molecule has 0 aliphatic rings. The number of nitrogens with one attached hydrogen (secondary N) is 1. The number of rotatable bonds is 9. The number of hydrogen-bond acceptors (Lipinski definition) is 4. The first-order valence-corrected chi connectivity index (χ1v) is 7.65. The summed E-state index contributed by atoms with van der Waals surface area (Å²) in [5, 5.41) is 3.55. The average molecular weight is 294 g/mol. The van der Waals surface area contributed by atoms with E-state index in [2.05, 4.69) is 44.1 Å². The molecular formula is C17H30N2O2. The Morgan fingerprint density at radius 2 is 1.86 bits per heavy atom. The Morgan fingerprint density at radius 1 is 1.14 bits per heavy atom. The number of benzene rings is 1. The quantitative estimate of drug-likeness (QED) is 0.759. The SMILES string of the molecule is CCNC(CN(C)CC(C)C)c1ccc(OC)cc1OC. The third-order valence-electron chi connectivity index (χ3n) is 3.44. The topological polar surface area (TPSA) is 33.7 Å². The van der Waals surface area contributed by atoms with E-state index in [1.807, 2.05) is 12.1 Å². The van der Waals surface area contributed by atoms with Crippen molar-refractivity contribution in [2.75, 3.05) is 40.9 Å². The normalized spacial score (nSPS) is 12.8. The summed E-state index contributed by atoms with van der Waals surface area (Å²) in [4.78, 5) is 2.36. The summed E-state index contributed by atoms with van der Waals surface area (Å²) < 4.78 is 10.8. The van der Waals surface area contributed by atoms with Crippen LogP contribution in [-0.2, 0) is 0 Å². The highest BCUT2D eigenvalue weighted by molar-refractivity contribution is 5.42. The van der Waals surface area contributed by atoms with Crippen molar-refractivity contribution < 1.29 is 9.47 Å². The smallest absolute Gasteiger partial charge is 0.127 e. The van der Waals surface area contributed by atoms with Gasteiger partial charge in [0.1, 0.15) is 11.5 Å². The number of methoxy groups -OCH3 is 2. The Kier molecular flexibility index (Phi) is 7.54. The highest BCUT2D eigenvalue weighted by Crippen LogP contribution is 2.30. The predicted molar refractivity (Wildman–Crippen MR) is 88.3 cm³/mol. The lowest BCUT2D eigenvalue weighted by Crippen LogP contribution is -2.35. The first-order chi connectivity index (χ1) is 10.0. The molecule has 1 unspecified atom stereocenters. The molecule has 0 saturated carbocycles. The van der Waals surface area contributed by atoms with Gasteiger partial charge in [0.05, 0.1) is 14.2 Å².